The van der Waals surface area contributed by atoms with Crippen molar-refractivity contribution >= 4 is 5.91 Å². The summed E-state index contributed by atoms with van der Waals surface area (Å²) >= 11 is 0. The number of likely N-dealkylation sites (N-methyl/N-ethyl adjacent to an activating group) is 1. The quantitative estimate of drug-likeness (QED) is 0.535. The van der Waals surface area contributed by atoms with Gasteiger partial charge in [-0.1, -0.05) is 6.08 Å². The monoisotopic (exact) mass is 139 g/mol. The van der Waals surface area contributed by atoms with Crippen molar-refractivity contribution in [3.05, 3.63) is 12.7 Å². The Hall–Kier alpha value is -0.790. The molecule has 0 atom stereocenters. The maximum absolute atomic E-state index is 11.2. The molecule has 2 nitrogen and oxygen atoms in total. The number of carbonyl (C=O) groups excluding carboxylic acids is 1. The topological polar surface area (TPSA) is 20.3 Å². The van der Waals surface area contributed by atoms with E-state index in [0.29, 0.717) is 12.5 Å². The molecule has 0 bridgehead atoms. The molecule has 0 heterocycles. The fraction of sp³-hybridized carbons (Fsp3) is 0.625. The maximum atomic E-state index is 11.2. The smallest absolute Gasteiger partial charge is 0.225 e. The predicted molar refractivity (Wildman–Crippen MR) is 40.6 cm³/mol. The lowest BCUT2D eigenvalue weighted by Gasteiger charge is -2.13. The van der Waals surface area contributed by atoms with E-state index in [-0.39, 0.29) is 5.91 Å². The highest BCUT2D eigenvalue weighted by molar-refractivity contribution is 5.80. The second-order valence-corrected chi connectivity index (χ2v) is 2.78. The van der Waals surface area contributed by atoms with E-state index in [4.69, 9.17) is 0 Å². The minimum absolute atomic E-state index is 0.278. The molecule has 0 spiro atoms. The molecule has 1 saturated carbocycles. The van der Waals surface area contributed by atoms with Crippen molar-refractivity contribution in [2.75, 3.05) is 13.6 Å². The van der Waals surface area contributed by atoms with Gasteiger partial charge >= 0.3 is 0 Å². The Balaban J connectivity index is 2.30. The first-order valence-corrected chi connectivity index (χ1v) is 3.61. The molecule has 56 valence electrons. The van der Waals surface area contributed by atoms with Crippen molar-refractivity contribution in [2.45, 2.75) is 12.8 Å². The summed E-state index contributed by atoms with van der Waals surface area (Å²) in [6, 6.07) is 0. The van der Waals surface area contributed by atoms with Crippen LogP contribution in [0.25, 0.3) is 0 Å². The first kappa shape index (κ1) is 7.32. The van der Waals surface area contributed by atoms with Crippen LogP contribution in [-0.2, 0) is 4.79 Å². The lowest BCUT2D eigenvalue weighted by molar-refractivity contribution is -0.130. The van der Waals surface area contributed by atoms with Crippen molar-refractivity contribution < 1.29 is 4.79 Å². The second-order valence-electron chi connectivity index (χ2n) is 2.78. The molecule has 1 aliphatic rings. The van der Waals surface area contributed by atoms with Gasteiger partial charge in [0.2, 0.25) is 5.91 Å². The Morgan fingerprint density at radius 2 is 2.40 bits per heavy atom. The number of nitrogens with zero attached hydrogens (tertiary/aromatic N) is 1. The molecule has 10 heavy (non-hydrogen) atoms. The van der Waals surface area contributed by atoms with Crippen LogP contribution in [-0.4, -0.2) is 24.4 Å². The number of carbonyl (C=O) groups is 1. The molecule has 0 unspecified atom stereocenters. The van der Waals surface area contributed by atoms with Gasteiger partial charge in [-0.25, -0.2) is 0 Å². The highest BCUT2D eigenvalue weighted by Crippen LogP contribution is 2.30. The summed E-state index contributed by atoms with van der Waals surface area (Å²) in [4.78, 5) is 12.9. The van der Waals surface area contributed by atoms with Crippen molar-refractivity contribution in [2.24, 2.45) is 5.92 Å². The summed E-state index contributed by atoms with van der Waals surface area (Å²) < 4.78 is 0. The van der Waals surface area contributed by atoms with Crippen LogP contribution in [0.1, 0.15) is 12.8 Å². The largest absolute Gasteiger partial charge is 0.342 e. The number of amides is 1. The lowest BCUT2D eigenvalue weighted by Crippen LogP contribution is -2.27. The fourth-order valence-corrected chi connectivity index (χ4v) is 0.926. The first-order chi connectivity index (χ1) is 4.75. The summed E-state index contributed by atoms with van der Waals surface area (Å²) in [5.41, 5.74) is 0. The molecule has 0 aliphatic heterocycles. The van der Waals surface area contributed by atoms with Crippen LogP contribution in [0, 0.1) is 5.92 Å². The third-order valence-corrected chi connectivity index (χ3v) is 1.71. The SMILES string of the molecule is C=CCN(C)C(=O)C1CC1. The lowest BCUT2D eigenvalue weighted by atomic mass is 10.3. The van der Waals surface area contributed by atoms with Gasteiger partial charge in [-0.2, -0.15) is 0 Å². The van der Waals surface area contributed by atoms with E-state index in [2.05, 4.69) is 6.58 Å². The highest BCUT2D eigenvalue weighted by atomic mass is 16.2. The van der Waals surface area contributed by atoms with Crippen LogP contribution in [0.5, 0.6) is 0 Å². The molecule has 1 rings (SSSR count). The Kier molecular flexibility index (Phi) is 2.10. The molecule has 0 aromatic carbocycles. The van der Waals surface area contributed by atoms with E-state index in [1.165, 1.54) is 0 Å². The van der Waals surface area contributed by atoms with Gasteiger partial charge in [-0.3, -0.25) is 4.79 Å². The third-order valence-electron chi connectivity index (χ3n) is 1.71. The summed E-state index contributed by atoms with van der Waals surface area (Å²) in [6.07, 6.45) is 3.92. The van der Waals surface area contributed by atoms with E-state index < -0.39 is 0 Å². The van der Waals surface area contributed by atoms with E-state index in [0.717, 1.165) is 12.8 Å². The molecular weight excluding hydrogens is 126 g/mol. The number of hydrogen-bond acceptors (Lipinski definition) is 1. The number of hydrogen-bond donors (Lipinski definition) is 0. The molecule has 2 heteroatoms. The maximum Gasteiger partial charge on any atom is 0.225 e. The van der Waals surface area contributed by atoms with Gasteiger partial charge in [0.25, 0.3) is 0 Å². The van der Waals surface area contributed by atoms with Crippen LogP contribution < -0.4 is 0 Å². The van der Waals surface area contributed by atoms with Crippen LogP contribution in [0.2, 0.25) is 0 Å². The van der Waals surface area contributed by atoms with Gasteiger partial charge < -0.3 is 4.90 Å². The molecule has 0 radical (unpaired) electrons. The van der Waals surface area contributed by atoms with Crippen LogP contribution in [0.3, 0.4) is 0 Å². The van der Waals surface area contributed by atoms with E-state index in [1.807, 2.05) is 7.05 Å². The fourth-order valence-electron chi connectivity index (χ4n) is 0.926. The Bertz CT molecular complexity index is 149. The zero-order chi connectivity index (χ0) is 7.56. The third kappa shape index (κ3) is 1.59. The van der Waals surface area contributed by atoms with E-state index >= 15 is 0 Å². The van der Waals surface area contributed by atoms with Gasteiger partial charge in [0, 0.05) is 19.5 Å². The van der Waals surface area contributed by atoms with Crippen molar-refractivity contribution in [1.29, 1.82) is 0 Å². The average molecular weight is 139 g/mol. The summed E-state index contributed by atoms with van der Waals surface area (Å²) in [5.74, 6) is 0.616. The molecular formula is C8H13NO. The molecule has 1 amide bonds. The van der Waals surface area contributed by atoms with E-state index in [9.17, 15) is 4.79 Å². The normalized spacial score (nSPS) is 16.5. The van der Waals surface area contributed by atoms with Crippen molar-refractivity contribution in [1.82, 2.24) is 4.90 Å². The van der Waals surface area contributed by atoms with Crippen molar-refractivity contribution in [3.8, 4) is 0 Å². The molecule has 0 saturated heterocycles. The second kappa shape index (κ2) is 2.86. The van der Waals surface area contributed by atoms with Gasteiger partial charge in [-0.15, -0.1) is 6.58 Å². The Morgan fingerprint density at radius 1 is 1.80 bits per heavy atom. The van der Waals surface area contributed by atoms with E-state index in [1.54, 1.807) is 11.0 Å². The van der Waals surface area contributed by atoms with Crippen LogP contribution in [0.15, 0.2) is 12.7 Å². The Labute approximate surface area is 61.5 Å². The number of rotatable bonds is 3. The standard InChI is InChI=1S/C8H13NO/c1-3-6-9(2)8(10)7-4-5-7/h3,7H,1,4-6H2,2H3. The minimum Gasteiger partial charge on any atom is -0.342 e. The van der Waals surface area contributed by atoms with Crippen LogP contribution in [0.4, 0.5) is 0 Å². The van der Waals surface area contributed by atoms with Gasteiger partial charge in [0.1, 0.15) is 0 Å². The molecule has 0 N–H and O–H groups in total. The van der Waals surface area contributed by atoms with Crippen LogP contribution >= 0.6 is 0 Å². The summed E-state index contributed by atoms with van der Waals surface area (Å²) in [6.45, 7) is 4.24. The molecule has 0 aromatic rings. The molecule has 1 fully saturated rings. The average Bonchev–Trinajstić information content (AvgIpc) is 2.68. The summed E-state index contributed by atoms with van der Waals surface area (Å²) in [5, 5.41) is 0. The van der Waals surface area contributed by atoms with Crippen molar-refractivity contribution in [3.63, 3.8) is 0 Å². The summed E-state index contributed by atoms with van der Waals surface area (Å²) in [7, 11) is 1.82. The molecule has 0 aromatic heterocycles. The zero-order valence-electron chi connectivity index (χ0n) is 6.34. The van der Waals surface area contributed by atoms with Gasteiger partial charge in [0.15, 0.2) is 0 Å². The molecule has 1 aliphatic carbocycles. The predicted octanol–water partition coefficient (Wildman–Crippen LogP) is 1.04. The zero-order valence-corrected chi connectivity index (χ0v) is 6.34. The first-order valence-electron chi connectivity index (χ1n) is 3.61. The highest BCUT2D eigenvalue weighted by Gasteiger charge is 2.31. The van der Waals surface area contributed by atoms with Gasteiger partial charge in [-0.05, 0) is 12.8 Å². The Morgan fingerprint density at radius 3 is 2.80 bits per heavy atom. The van der Waals surface area contributed by atoms with Gasteiger partial charge in [0.05, 0.1) is 0 Å². The minimum atomic E-state index is 0.278.